The zero-order valence-electron chi connectivity index (χ0n) is 11.1. The van der Waals surface area contributed by atoms with Crippen molar-refractivity contribution in [1.82, 2.24) is 14.3 Å². The van der Waals surface area contributed by atoms with Crippen molar-refractivity contribution in [2.24, 2.45) is 5.73 Å². The first-order valence-corrected chi connectivity index (χ1v) is 6.61. The van der Waals surface area contributed by atoms with E-state index in [2.05, 4.69) is 34.1 Å². The number of carbonyl (C=O) groups is 1. The predicted octanol–water partition coefficient (Wildman–Crippen LogP) is 2.03. The number of fused-ring (bicyclic) bond motifs is 1. The van der Waals surface area contributed by atoms with Gasteiger partial charge in [0.25, 0.3) is 5.91 Å². The van der Waals surface area contributed by atoms with Gasteiger partial charge in [-0.3, -0.25) is 9.48 Å². The number of carbonyl (C=O) groups excluding carboxylic acids is 1. The molecule has 2 N–H and O–H groups in total. The molecule has 0 aliphatic heterocycles. The Hall–Kier alpha value is -2.56. The Morgan fingerprint density at radius 3 is 2.75 bits per heavy atom. The minimum Gasteiger partial charge on any atom is -0.364 e. The SMILES string of the molecule is NC(=O)c1ccn(CCCn2ccc3ccccc32)n1. The molecule has 20 heavy (non-hydrogen) atoms. The van der Waals surface area contributed by atoms with Gasteiger partial charge in [-0.1, -0.05) is 18.2 Å². The zero-order valence-corrected chi connectivity index (χ0v) is 11.1. The number of rotatable bonds is 5. The molecule has 0 fully saturated rings. The molecule has 0 saturated carbocycles. The standard InChI is InChI=1S/C15H16N4O/c16-15(20)13-7-11-19(17-13)9-3-8-18-10-6-12-4-1-2-5-14(12)18/h1-2,4-7,10-11H,3,8-9H2,(H2,16,20). The van der Waals surface area contributed by atoms with Crippen molar-refractivity contribution in [3.63, 3.8) is 0 Å². The summed E-state index contributed by atoms with van der Waals surface area (Å²) in [5, 5.41) is 5.38. The first kappa shape index (κ1) is 12.5. The van der Waals surface area contributed by atoms with Crippen LogP contribution in [0.25, 0.3) is 10.9 Å². The molecule has 0 spiro atoms. The van der Waals surface area contributed by atoms with Gasteiger partial charge >= 0.3 is 0 Å². The molecule has 102 valence electrons. The van der Waals surface area contributed by atoms with E-state index in [4.69, 9.17) is 5.73 Å². The van der Waals surface area contributed by atoms with E-state index in [0.717, 1.165) is 19.5 Å². The molecular weight excluding hydrogens is 252 g/mol. The summed E-state index contributed by atoms with van der Waals surface area (Å²) in [6, 6.07) is 12.1. The molecule has 0 radical (unpaired) electrons. The van der Waals surface area contributed by atoms with Gasteiger partial charge in [0.2, 0.25) is 0 Å². The second-order valence-electron chi connectivity index (χ2n) is 4.75. The van der Waals surface area contributed by atoms with Gasteiger partial charge in [-0.2, -0.15) is 5.10 Å². The number of amides is 1. The lowest BCUT2D eigenvalue weighted by Crippen LogP contribution is -2.13. The molecule has 0 saturated heterocycles. The van der Waals surface area contributed by atoms with Crippen LogP contribution < -0.4 is 5.73 Å². The van der Waals surface area contributed by atoms with E-state index in [1.807, 2.05) is 12.1 Å². The van der Waals surface area contributed by atoms with Crippen LogP contribution in [0.4, 0.5) is 0 Å². The van der Waals surface area contributed by atoms with Crippen molar-refractivity contribution in [2.75, 3.05) is 0 Å². The summed E-state index contributed by atoms with van der Waals surface area (Å²) in [5.74, 6) is -0.486. The molecule has 2 heterocycles. The maximum Gasteiger partial charge on any atom is 0.269 e. The van der Waals surface area contributed by atoms with Crippen molar-refractivity contribution in [3.05, 3.63) is 54.5 Å². The Morgan fingerprint density at radius 2 is 1.95 bits per heavy atom. The maximum atomic E-state index is 11.0. The van der Waals surface area contributed by atoms with Gasteiger partial charge in [0, 0.05) is 31.0 Å². The van der Waals surface area contributed by atoms with Crippen LogP contribution >= 0.6 is 0 Å². The second kappa shape index (κ2) is 5.21. The molecule has 3 aromatic rings. The molecule has 3 rings (SSSR count). The van der Waals surface area contributed by atoms with E-state index in [1.165, 1.54) is 10.9 Å². The first-order valence-electron chi connectivity index (χ1n) is 6.61. The molecule has 5 nitrogen and oxygen atoms in total. The summed E-state index contributed by atoms with van der Waals surface area (Å²) < 4.78 is 3.99. The van der Waals surface area contributed by atoms with Crippen LogP contribution in [-0.2, 0) is 13.1 Å². The van der Waals surface area contributed by atoms with Gasteiger partial charge in [0.15, 0.2) is 0 Å². The number of nitrogens with zero attached hydrogens (tertiary/aromatic N) is 3. The van der Waals surface area contributed by atoms with Crippen LogP contribution in [0.3, 0.4) is 0 Å². The van der Waals surface area contributed by atoms with Gasteiger partial charge in [0.05, 0.1) is 0 Å². The van der Waals surface area contributed by atoms with Crippen LogP contribution in [0.1, 0.15) is 16.9 Å². The highest BCUT2D eigenvalue weighted by molar-refractivity contribution is 5.90. The summed E-state index contributed by atoms with van der Waals surface area (Å²) in [7, 11) is 0. The molecule has 0 aliphatic carbocycles. The van der Waals surface area contributed by atoms with E-state index in [0.29, 0.717) is 5.69 Å². The average molecular weight is 268 g/mol. The molecule has 0 atom stereocenters. The Bertz CT molecular complexity index is 741. The normalized spacial score (nSPS) is 11.0. The number of nitrogens with two attached hydrogens (primary N) is 1. The Balaban J connectivity index is 1.63. The van der Waals surface area contributed by atoms with E-state index < -0.39 is 5.91 Å². The van der Waals surface area contributed by atoms with E-state index in [9.17, 15) is 4.79 Å². The lowest BCUT2D eigenvalue weighted by Gasteiger charge is -2.05. The molecule has 0 bridgehead atoms. The predicted molar refractivity (Wildman–Crippen MR) is 77.3 cm³/mol. The van der Waals surface area contributed by atoms with Crippen molar-refractivity contribution in [1.29, 1.82) is 0 Å². The third kappa shape index (κ3) is 2.42. The number of aromatic nitrogens is 3. The fraction of sp³-hybridized carbons (Fsp3) is 0.200. The highest BCUT2D eigenvalue weighted by Crippen LogP contribution is 2.15. The van der Waals surface area contributed by atoms with Crippen molar-refractivity contribution >= 4 is 16.8 Å². The van der Waals surface area contributed by atoms with Crippen LogP contribution in [0, 0.1) is 0 Å². The number of hydrogen-bond acceptors (Lipinski definition) is 2. The number of hydrogen-bond donors (Lipinski definition) is 1. The minimum atomic E-state index is -0.486. The molecule has 2 aromatic heterocycles. The van der Waals surface area contributed by atoms with Crippen LogP contribution in [-0.4, -0.2) is 20.3 Å². The summed E-state index contributed by atoms with van der Waals surface area (Å²) in [6.45, 7) is 1.68. The lowest BCUT2D eigenvalue weighted by atomic mass is 10.2. The van der Waals surface area contributed by atoms with Gasteiger partial charge in [-0.15, -0.1) is 0 Å². The average Bonchev–Trinajstić information content (AvgIpc) is 3.06. The summed E-state index contributed by atoms with van der Waals surface area (Å²) in [5.41, 5.74) is 6.73. The fourth-order valence-corrected chi connectivity index (χ4v) is 2.36. The summed E-state index contributed by atoms with van der Waals surface area (Å²) in [4.78, 5) is 11.0. The zero-order chi connectivity index (χ0) is 13.9. The minimum absolute atomic E-state index is 0.316. The van der Waals surface area contributed by atoms with Crippen molar-refractivity contribution < 1.29 is 4.79 Å². The highest BCUT2D eigenvalue weighted by atomic mass is 16.1. The smallest absolute Gasteiger partial charge is 0.269 e. The number of aryl methyl sites for hydroxylation is 2. The van der Waals surface area contributed by atoms with Gasteiger partial charge in [0.1, 0.15) is 5.69 Å². The second-order valence-corrected chi connectivity index (χ2v) is 4.75. The fourth-order valence-electron chi connectivity index (χ4n) is 2.36. The quantitative estimate of drug-likeness (QED) is 0.769. The maximum absolute atomic E-state index is 11.0. The third-order valence-electron chi connectivity index (χ3n) is 3.36. The van der Waals surface area contributed by atoms with Crippen LogP contribution in [0.2, 0.25) is 0 Å². The van der Waals surface area contributed by atoms with E-state index in [1.54, 1.807) is 16.9 Å². The Kier molecular flexibility index (Phi) is 3.25. The lowest BCUT2D eigenvalue weighted by molar-refractivity contribution is 0.0994. The van der Waals surface area contributed by atoms with Crippen LogP contribution in [0.15, 0.2) is 48.8 Å². The topological polar surface area (TPSA) is 65.8 Å². The monoisotopic (exact) mass is 268 g/mol. The molecule has 1 amide bonds. The molecule has 5 heteroatoms. The largest absolute Gasteiger partial charge is 0.364 e. The molecule has 0 unspecified atom stereocenters. The molecular formula is C15H16N4O. The van der Waals surface area contributed by atoms with E-state index >= 15 is 0 Å². The van der Waals surface area contributed by atoms with Crippen molar-refractivity contribution in [3.8, 4) is 0 Å². The van der Waals surface area contributed by atoms with Gasteiger partial charge in [-0.25, -0.2) is 0 Å². The van der Waals surface area contributed by atoms with Crippen LogP contribution in [0.5, 0.6) is 0 Å². The molecule has 0 aliphatic rings. The highest BCUT2D eigenvalue weighted by Gasteiger charge is 2.04. The summed E-state index contributed by atoms with van der Waals surface area (Å²) >= 11 is 0. The van der Waals surface area contributed by atoms with E-state index in [-0.39, 0.29) is 0 Å². The number of para-hydroxylation sites is 1. The van der Waals surface area contributed by atoms with Gasteiger partial charge in [-0.05, 0) is 30.0 Å². The molecule has 1 aromatic carbocycles. The number of benzene rings is 1. The first-order chi connectivity index (χ1) is 9.74. The summed E-state index contributed by atoms with van der Waals surface area (Å²) in [6.07, 6.45) is 4.83. The number of primary amides is 1. The Morgan fingerprint density at radius 1 is 1.10 bits per heavy atom. The third-order valence-corrected chi connectivity index (χ3v) is 3.36. The Labute approximate surface area is 116 Å². The van der Waals surface area contributed by atoms with Crippen molar-refractivity contribution in [2.45, 2.75) is 19.5 Å². The van der Waals surface area contributed by atoms with Gasteiger partial charge < -0.3 is 10.3 Å².